The van der Waals surface area contributed by atoms with E-state index in [1.807, 2.05) is 0 Å². The van der Waals surface area contributed by atoms with Crippen molar-refractivity contribution in [1.82, 2.24) is 24.0 Å². The molecule has 0 bridgehead atoms. The van der Waals surface area contributed by atoms with Gasteiger partial charge in [-0.1, -0.05) is 5.16 Å². The number of hydrogen-bond donors (Lipinski definition) is 0. The quantitative estimate of drug-likeness (QED) is 0.828. The van der Waals surface area contributed by atoms with Crippen molar-refractivity contribution in [2.24, 2.45) is 7.05 Å². The lowest BCUT2D eigenvalue weighted by Gasteiger charge is -2.13. The number of rotatable bonds is 4. The Balaban J connectivity index is 1.51. The molecule has 9 heteroatoms. The lowest BCUT2D eigenvalue weighted by molar-refractivity contribution is 0.350. The van der Waals surface area contributed by atoms with E-state index >= 15 is 0 Å². The van der Waals surface area contributed by atoms with Crippen molar-refractivity contribution < 1.29 is 12.9 Å². The van der Waals surface area contributed by atoms with Crippen LogP contribution in [0.2, 0.25) is 0 Å². The van der Waals surface area contributed by atoms with E-state index in [1.54, 1.807) is 11.6 Å². The van der Waals surface area contributed by atoms with Crippen LogP contribution < -0.4 is 0 Å². The summed E-state index contributed by atoms with van der Waals surface area (Å²) in [6, 6.07) is 0. The molecule has 2 aromatic rings. The largest absolute Gasteiger partial charge is 0.339 e. The van der Waals surface area contributed by atoms with E-state index in [2.05, 4.69) is 15.1 Å². The van der Waals surface area contributed by atoms with Crippen LogP contribution in [-0.2, 0) is 17.1 Å². The monoisotopic (exact) mass is 323 g/mol. The fourth-order valence-corrected chi connectivity index (χ4v) is 4.19. The SMILES string of the molecule is Cn1cnc(S(=O)(=O)N2CC[C@H](c3nc(C4CC4)no3)C2)c1. The highest BCUT2D eigenvalue weighted by molar-refractivity contribution is 7.89. The first-order valence-electron chi connectivity index (χ1n) is 7.35. The van der Waals surface area contributed by atoms with Crippen LogP contribution in [0.4, 0.5) is 0 Å². The van der Waals surface area contributed by atoms with Gasteiger partial charge >= 0.3 is 0 Å². The number of sulfonamides is 1. The first-order chi connectivity index (χ1) is 10.5. The van der Waals surface area contributed by atoms with E-state index in [1.165, 1.54) is 16.8 Å². The first kappa shape index (κ1) is 13.9. The van der Waals surface area contributed by atoms with Gasteiger partial charge in [-0.25, -0.2) is 13.4 Å². The van der Waals surface area contributed by atoms with Crippen LogP contribution in [0.25, 0.3) is 0 Å². The topological polar surface area (TPSA) is 94.1 Å². The third kappa shape index (κ3) is 2.34. The maximum atomic E-state index is 12.5. The molecule has 3 heterocycles. The van der Waals surface area contributed by atoms with Gasteiger partial charge in [0.2, 0.25) is 5.89 Å². The van der Waals surface area contributed by atoms with Gasteiger partial charge in [-0.2, -0.15) is 9.29 Å². The van der Waals surface area contributed by atoms with Gasteiger partial charge in [0, 0.05) is 32.3 Å². The average Bonchev–Trinajstić information content (AvgIpc) is 2.95. The molecule has 1 atom stereocenters. The molecule has 0 amide bonds. The predicted octanol–water partition coefficient (Wildman–Crippen LogP) is 0.859. The Morgan fingerprint density at radius 2 is 2.09 bits per heavy atom. The van der Waals surface area contributed by atoms with Crippen molar-refractivity contribution in [1.29, 1.82) is 0 Å². The fraction of sp³-hybridized carbons (Fsp3) is 0.615. The summed E-state index contributed by atoms with van der Waals surface area (Å²) in [5.41, 5.74) is 0. The van der Waals surface area contributed by atoms with Gasteiger partial charge in [0.05, 0.1) is 12.2 Å². The molecule has 2 aliphatic rings. The molecule has 1 saturated carbocycles. The molecular weight excluding hydrogens is 306 g/mol. The molecule has 0 unspecified atom stereocenters. The normalized spacial score (nSPS) is 23.2. The average molecular weight is 323 g/mol. The summed E-state index contributed by atoms with van der Waals surface area (Å²) in [5.74, 6) is 1.73. The highest BCUT2D eigenvalue weighted by Gasteiger charge is 2.38. The van der Waals surface area contributed by atoms with Gasteiger partial charge in [-0.3, -0.25) is 0 Å². The Labute approximate surface area is 128 Å². The maximum absolute atomic E-state index is 12.5. The van der Waals surface area contributed by atoms with E-state index in [-0.39, 0.29) is 10.9 Å². The Morgan fingerprint density at radius 3 is 2.77 bits per heavy atom. The lowest BCUT2D eigenvalue weighted by atomic mass is 10.1. The van der Waals surface area contributed by atoms with Crippen LogP contribution in [0.1, 0.15) is 42.8 Å². The van der Waals surface area contributed by atoms with Gasteiger partial charge < -0.3 is 9.09 Å². The van der Waals surface area contributed by atoms with Crippen molar-refractivity contribution in [3.05, 3.63) is 24.2 Å². The van der Waals surface area contributed by atoms with E-state index < -0.39 is 10.0 Å². The third-order valence-corrected chi connectivity index (χ3v) is 5.94. The molecular formula is C13H17N5O3S. The van der Waals surface area contributed by atoms with Crippen LogP contribution in [-0.4, -0.2) is 45.5 Å². The second-order valence-corrected chi connectivity index (χ2v) is 7.88. The minimum absolute atomic E-state index is 0.0292. The molecule has 2 fully saturated rings. The van der Waals surface area contributed by atoms with Crippen LogP contribution >= 0.6 is 0 Å². The van der Waals surface area contributed by atoms with Crippen LogP contribution in [0, 0.1) is 0 Å². The molecule has 8 nitrogen and oxygen atoms in total. The molecule has 0 radical (unpaired) electrons. The number of aromatic nitrogens is 4. The van der Waals surface area contributed by atoms with E-state index in [0.717, 1.165) is 18.7 Å². The Kier molecular flexibility index (Phi) is 3.08. The molecule has 1 aliphatic heterocycles. The van der Waals surface area contributed by atoms with Crippen LogP contribution in [0.15, 0.2) is 22.1 Å². The predicted molar refractivity (Wildman–Crippen MR) is 75.6 cm³/mol. The van der Waals surface area contributed by atoms with E-state index in [0.29, 0.717) is 31.3 Å². The van der Waals surface area contributed by atoms with Gasteiger partial charge in [0.1, 0.15) is 0 Å². The number of hydrogen-bond acceptors (Lipinski definition) is 6. The smallest absolute Gasteiger partial charge is 0.262 e. The first-order valence-corrected chi connectivity index (χ1v) is 8.79. The molecule has 22 heavy (non-hydrogen) atoms. The van der Waals surface area contributed by atoms with Crippen LogP contribution in [0.3, 0.4) is 0 Å². The molecule has 0 spiro atoms. The minimum Gasteiger partial charge on any atom is -0.339 e. The van der Waals surface area contributed by atoms with Gasteiger partial charge in [0.15, 0.2) is 10.9 Å². The van der Waals surface area contributed by atoms with Crippen molar-refractivity contribution >= 4 is 10.0 Å². The third-order valence-electron chi connectivity index (χ3n) is 4.19. The highest BCUT2D eigenvalue weighted by atomic mass is 32.2. The molecule has 2 aromatic heterocycles. The number of imidazole rings is 1. The molecule has 1 saturated heterocycles. The zero-order valence-corrected chi connectivity index (χ0v) is 13.0. The summed E-state index contributed by atoms with van der Waals surface area (Å²) in [6.07, 6.45) is 5.92. The summed E-state index contributed by atoms with van der Waals surface area (Å²) >= 11 is 0. The van der Waals surface area contributed by atoms with Gasteiger partial charge in [0.25, 0.3) is 10.0 Å². The van der Waals surface area contributed by atoms with Crippen molar-refractivity contribution in [3.8, 4) is 0 Å². The van der Waals surface area contributed by atoms with Crippen molar-refractivity contribution in [3.63, 3.8) is 0 Å². The Bertz CT molecular complexity index is 792. The summed E-state index contributed by atoms with van der Waals surface area (Å²) < 4.78 is 33.5. The van der Waals surface area contributed by atoms with Crippen molar-refractivity contribution in [2.75, 3.05) is 13.1 Å². The van der Waals surface area contributed by atoms with Crippen molar-refractivity contribution in [2.45, 2.75) is 36.1 Å². The zero-order chi connectivity index (χ0) is 15.3. The minimum atomic E-state index is -3.54. The van der Waals surface area contributed by atoms with Crippen LogP contribution in [0.5, 0.6) is 0 Å². The molecule has 4 rings (SSSR count). The lowest BCUT2D eigenvalue weighted by Crippen LogP contribution is -2.29. The molecule has 118 valence electrons. The van der Waals surface area contributed by atoms with E-state index in [9.17, 15) is 8.42 Å². The fourth-order valence-electron chi connectivity index (χ4n) is 2.72. The molecule has 0 aromatic carbocycles. The molecule has 0 N–H and O–H groups in total. The van der Waals surface area contributed by atoms with Gasteiger partial charge in [-0.15, -0.1) is 0 Å². The maximum Gasteiger partial charge on any atom is 0.262 e. The number of nitrogens with zero attached hydrogens (tertiary/aromatic N) is 5. The Hall–Kier alpha value is -1.74. The second kappa shape index (κ2) is 4.88. The second-order valence-electron chi connectivity index (χ2n) is 5.99. The summed E-state index contributed by atoms with van der Waals surface area (Å²) in [4.78, 5) is 8.38. The number of aryl methyl sites for hydroxylation is 1. The summed E-state index contributed by atoms with van der Waals surface area (Å²) in [5, 5.41) is 4.08. The zero-order valence-electron chi connectivity index (χ0n) is 12.2. The van der Waals surface area contributed by atoms with Gasteiger partial charge in [-0.05, 0) is 19.3 Å². The summed E-state index contributed by atoms with van der Waals surface area (Å²) in [7, 11) is -1.80. The standard InChI is InChI=1S/C13H17N5O3S/c1-17-7-11(14-8-17)22(19,20)18-5-4-10(6-18)13-15-12(16-21-13)9-2-3-9/h7-10H,2-6H2,1H3/t10-/m0/s1. The van der Waals surface area contributed by atoms with E-state index in [4.69, 9.17) is 4.52 Å². The highest BCUT2D eigenvalue weighted by Crippen LogP contribution is 2.39. The summed E-state index contributed by atoms with van der Waals surface area (Å²) in [6.45, 7) is 0.815. The molecule has 1 aliphatic carbocycles. The Morgan fingerprint density at radius 1 is 1.27 bits per heavy atom.